The highest BCUT2D eigenvalue weighted by molar-refractivity contribution is 8.00. The molecule has 28 heavy (non-hydrogen) atoms. The number of amides is 1. The number of rotatable bonds is 6. The third-order valence-corrected chi connectivity index (χ3v) is 5.89. The number of para-hydroxylation sites is 1. The van der Waals surface area contributed by atoms with Gasteiger partial charge in [0.2, 0.25) is 5.91 Å². The number of hydrogen-bond acceptors (Lipinski definition) is 4. The fraction of sp³-hybridized carbons (Fsp3) is 0.286. The van der Waals surface area contributed by atoms with E-state index < -0.39 is 5.25 Å². The van der Waals surface area contributed by atoms with Crippen molar-refractivity contribution in [1.29, 1.82) is 0 Å². The topological polar surface area (TPSA) is 64.0 Å². The van der Waals surface area contributed by atoms with Crippen molar-refractivity contribution in [3.63, 3.8) is 0 Å². The summed E-state index contributed by atoms with van der Waals surface area (Å²) in [5, 5.41) is 4.19. The lowest BCUT2D eigenvalue weighted by molar-refractivity contribution is -0.115. The number of carbonyl (C=O) groups excluding carboxylic acids is 1. The van der Waals surface area contributed by atoms with Gasteiger partial charge >= 0.3 is 0 Å². The van der Waals surface area contributed by atoms with Gasteiger partial charge < -0.3 is 5.32 Å². The lowest BCUT2D eigenvalue weighted by Gasteiger charge is -2.20. The van der Waals surface area contributed by atoms with E-state index in [-0.39, 0.29) is 17.5 Å². The van der Waals surface area contributed by atoms with E-state index in [0.717, 1.165) is 6.42 Å². The molecule has 0 spiro atoms. The molecule has 0 saturated carbocycles. The van der Waals surface area contributed by atoms with Crippen molar-refractivity contribution in [2.75, 3.05) is 5.32 Å². The first-order valence-electron chi connectivity index (χ1n) is 9.15. The predicted octanol–water partition coefficient (Wildman–Crippen LogP) is 5.14. The number of carbonyl (C=O) groups is 1. The molecular weight excluding hydrogens is 394 g/mol. The van der Waals surface area contributed by atoms with Gasteiger partial charge in [-0.25, -0.2) is 4.98 Å². The second-order valence-corrected chi connectivity index (χ2v) is 8.34. The van der Waals surface area contributed by atoms with Crippen molar-refractivity contribution in [2.45, 2.75) is 43.6 Å². The third kappa shape index (κ3) is 4.39. The molecule has 1 N–H and O–H groups in total. The van der Waals surface area contributed by atoms with Crippen molar-refractivity contribution in [1.82, 2.24) is 9.55 Å². The Kier molecular flexibility index (Phi) is 6.42. The molecule has 1 aromatic heterocycles. The summed E-state index contributed by atoms with van der Waals surface area (Å²) in [6.07, 6.45) is 0.791. The summed E-state index contributed by atoms with van der Waals surface area (Å²) < 4.78 is 1.69. The van der Waals surface area contributed by atoms with Gasteiger partial charge in [-0.15, -0.1) is 0 Å². The first kappa shape index (κ1) is 20.4. The lowest BCUT2D eigenvalue weighted by atomic mass is 10.2. The molecular formula is C21H22ClN3O2S. The smallest absolute Gasteiger partial charge is 0.262 e. The molecule has 3 aromatic rings. The standard InChI is InChI=1S/C21H22ClN3O2S/c1-4-13(2)25-20(27)17-7-5-6-8-18(17)24-21(25)28-14(3)19(26)23-16-11-9-15(22)10-12-16/h5-14H,4H2,1-3H3,(H,23,26)/t13-,14-/m1/s1. The molecule has 5 nitrogen and oxygen atoms in total. The van der Waals surface area contributed by atoms with E-state index in [1.54, 1.807) is 41.8 Å². The van der Waals surface area contributed by atoms with Crippen LogP contribution in [0.4, 0.5) is 5.69 Å². The molecule has 0 unspecified atom stereocenters. The van der Waals surface area contributed by atoms with Crippen LogP contribution in [0.2, 0.25) is 5.02 Å². The minimum absolute atomic E-state index is 0.0152. The van der Waals surface area contributed by atoms with Gasteiger partial charge in [-0.2, -0.15) is 0 Å². The summed E-state index contributed by atoms with van der Waals surface area (Å²) in [5.74, 6) is -0.162. The number of nitrogens with one attached hydrogen (secondary N) is 1. The fourth-order valence-corrected chi connectivity index (χ4v) is 3.90. The average molecular weight is 416 g/mol. The Morgan fingerprint density at radius 3 is 2.54 bits per heavy atom. The Hall–Kier alpha value is -2.31. The number of aromatic nitrogens is 2. The zero-order valence-electron chi connectivity index (χ0n) is 16.0. The molecule has 1 heterocycles. The first-order valence-corrected chi connectivity index (χ1v) is 10.4. The third-order valence-electron chi connectivity index (χ3n) is 4.57. The van der Waals surface area contributed by atoms with Crippen LogP contribution in [0.15, 0.2) is 58.5 Å². The molecule has 1 amide bonds. The average Bonchev–Trinajstić information content (AvgIpc) is 2.69. The molecule has 146 valence electrons. The maximum Gasteiger partial charge on any atom is 0.262 e. The van der Waals surface area contributed by atoms with Gasteiger partial charge in [0.1, 0.15) is 0 Å². The van der Waals surface area contributed by atoms with E-state index in [0.29, 0.717) is 26.8 Å². The summed E-state index contributed by atoms with van der Waals surface area (Å²) in [6.45, 7) is 5.82. The van der Waals surface area contributed by atoms with Crippen LogP contribution in [0.3, 0.4) is 0 Å². The van der Waals surface area contributed by atoms with E-state index in [4.69, 9.17) is 11.6 Å². The highest BCUT2D eigenvalue weighted by Gasteiger charge is 2.21. The molecule has 3 rings (SSSR count). The fourth-order valence-electron chi connectivity index (χ4n) is 2.77. The van der Waals surface area contributed by atoms with Crippen LogP contribution in [0.1, 0.15) is 33.2 Å². The summed E-state index contributed by atoms with van der Waals surface area (Å²) in [5.41, 5.74) is 1.24. The summed E-state index contributed by atoms with van der Waals surface area (Å²) in [7, 11) is 0. The minimum Gasteiger partial charge on any atom is -0.325 e. The number of anilines is 1. The summed E-state index contributed by atoms with van der Waals surface area (Å²) in [6, 6.07) is 14.2. The molecule has 2 atom stereocenters. The maximum absolute atomic E-state index is 13.0. The Morgan fingerprint density at radius 2 is 1.86 bits per heavy atom. The van der Waals surface area contributed by atoms with Crippen molar-refractivity contribution in [2.24, 2.45) is 0 Å². The second kappa shape index (κ2) is 8.80. The van der Waals surface area contributed by atoms with Crippen LogP contribution >= 0.6 is 23.4 Å². The number of hydrogen-bond donors (Lipinski definition) is 1. The Labute approximate surface area is 173 Å². The van der Waals surface area contributed by atoms with E-state index in [9.17, 15) is 9.59 Å². The monoisotopic (exact) mass is 415 g/mol. The van der Waals surface area contributed by atoms with Crippen molar-refractivity contribution in [3.05, 3.63) is 63.9 Å². The molecule has 0 radical (unpaired) electrons. The molecule has 2 aromatic carbocycles. The number of thioether (sulfide) groups is 1. The highest BCUT2D eigenvalue weighted by atomic mass is 35.5. The van der Waals surface area contributed by atoms with Crippen molar-refractivity contribution >= 4 is 45.9 Å². The molecule has 7 heteroatoms. The van der Waals surface area contributed by atoms with Crippen LogP contribution in [0.5, 0.6) is 0 Å². The molecule has 0 saturated heterocycles. The van der Waals surface area contributed by atoms with Gasteiger partial charge in [-0.05, 0) is 56.7 Å². The Bertz CT molecular complexity index is 1050. The lowest BCUT2D eigenvalue weighted by Crippen LogP contribution is -2.28. The van der Waals surface area contributed by atoms with Crippen LogP contribution < -0.4 is 10.9 Å². The second-order valence-electron chi connectivity index (χ2n) is 6.60. The largest absolute Gasteiger partial charge is 0.325 e. The zero-order valence-corrected chi connectivity index (χ0v) is 17.6. The quantitative estimate of drug-likeness (QED) is 0.447. The summed E-state index contributed by atoms with van der Waals surface area (Å²) >= 11 is 7.17. The first-order chi connectivity index (χ1) is 13.4. The molecule has 0 aliphatic carbocycles. The van der Waals surface area contributed by atoms with E-state index in [1.807, 2.05) is 32.0 Å². The van der Waals surface area contributed by atoms with E-state index in [1.165, 1.54) is 11.8 Å². The van der Waals surface area contributed by atoms with Gasteiger partial charge in [-0.1, -0.05) is 42.4 Å². The Morgan fingerprint density at radius 1 is 1.18 bits per heavy atom. The zero-order chi connectivity index (χ0) is 20.3. The van der Waals surface area contributed by atoms with Gasteiger partial charge in [0.05, 0.1) is 16.2 Å². The highest BCUT2D eigenvalue weighted by Crippen LogP contribution is 2.26. The number of benzene rings is 2. The molecule has 0 aliphatic heterocycles. The normalized spacial score (nSPS) is 13.3. The van der Waals surface area contributed by atoms with Gasteiger partial charge in [0.25, 0.3) is 5.56 Å². The van der Waals surface area contributed by atoms with Crippen LogP contribution in [0, 0.1) is 0 Å². The number of nitrogens with zero attached hydrogens (tertiary/aromatic N) is 2. The van der Waals surface area contributed by atoms with E-state index in [2.05, 4.69) is 10.3 Å². The van der Waals surface area contributed by atoms with Crippen LogP contribution in [0.25, 0.3) is 10.9 Å². The van der Waals surface area contributed by atoms with Crippen molar-refractivity contribution < 1.29 is 4.79 Å². The minimum atomic E-state index is -0.431. The van der Waals surface area contributed by atoms with E-state index >= 15 is 0 Å². The van der Waals surface area contributed by atoms with Gasteiger partial charge in [0.15, 0.2) is 5.16 Å². The molecule has 0 bridgehead atoms. The van der Waals surface area contributed by atoms with Crippen molar-refractivity contribution in [3.8, 4) is 0 Å². The van der Waals surface area contributed by atoms with Crippen LogP contribution in [-0.4, -0.2) is 20.7 Å². The number of fused-ring (bicyclic) bond motifs is 1. The summed E-state index contributed by atoms with van der Waals surface area (Å²) in [4.78, 5) is 30.3. The predicted molar refractivity (Wildman–Crippen MR) is 116 cm³/mol. The number of halogens is 1. The van der Waals surface area contributed by atoms with Crippen LogP contribution in [-0.2, 0) is 4.79 Å². The molecule has 0 fully saturated rings. The maximum atomic E-state index is 13.0. The Balaban J connectivity index is 1.90. The SMILES string of the molecule is CC[C@@H](C)n1c(S[C@H](C)C(=O)Nc2ccc(Cl)cc2)nc2ccccc2c1=O. The molecule has 0 aliphatic rings. The van der Waals surface area contributed by atoms with Gasteiger partial charge in [-0.3, -0.25) is 14.2 Å². The van der Waals surface area contributed by atoms with Gasteiger partial charge in [0, 0.05) is 16.8 Å².